The van der Waals surface area contributed by atoms with Gasteiger partial charge in [-0.1, -0.05) is 48.5 Å². The Balaban J connectivity index is 1.77. The molecule has 3 aromatic carbocycles. The smallest absolute Gasteiger partial charge is 0.244 e. The summed E-state index contributed by atoms with van der Waals surface area (Å²) < 4.78 is 15.9. The maximum atomic E-state index is 12.7. The number of hydrogen-bond acceptors (Lipinski definition) is 5. The second-order valence-corrected chi connectivity index (χ2v) is 6.82. The van der Waals surface area contributed by atoms with Gasteiger partial charge in [-0.05, 0) is 47.0 Å². The third kappa shape index (κ3) is 5.89. The molecule has 0 aliphatic rings. The normalized spacial score (nSPS) is 11.4. The fourth-order valence-corrected chi connectivity index (χ4v) is 3.18. The number of benzene rings is 3. The van der Waals surface area contributed by atoms with Crippen LogP contribution in [0.2, 0.25) is 0 Å². The molecule has 1 unspecified atom stereocenters. The number of hydrogen-bond donors (Lipinski definition) is 1. The summed E-state index contributed by atoms with van der Waals surface area (Å²) in [6.07, 6.45) is 3.17. The summed E-state index contributed by atoms with van der Waals surface area (Å²) in [7, 11) is 3.14. The Kier molecular flexibility index (Phi) is 7.88. The van der Waals surface area contributed by atoms with Gasteiger partial charge in [-0.2, -0.15) is 5.26 Å². The van der Waals surface area contributed by atoms with E-state index >= 15 is 0 Å². The minimum absolute atomic E-state index is 0.0693. The highest BCUT2D eigenvalue weighted by Crippen LogP contribution is 2.28. The molecule has 3 aromatic rings. The van der Waals surface area contributed by atoms with Crippen molar-refractivity contribution in [2.75, 3.05) is 20.8 Å². The first-order chi connectivity index (χ1) is 15.6. The molecule has 1 amide bonds. The lowest BCUT2D eigenvalue weighted by Gasteiger charge is -2.19. The summed E-state index contributed by atoms with van der Waals surface area (Å²) in [6, 6.07) is 24.2. The highest BCUT2D eigenvalue weighted by molar-refractivity contribution is 5.92. The second kappa shape index (κ2) is 11.2. The number of nitrogens with zero attached hydrogens (tertiary/aromatic N) is 1. The zero-order chi connectivity index (χ0) is 22.8. The van der Waals surface area contributed by atoms with Gasteiger partial charge in [0.1, 0.15) is 11.8 Å². The van der Waals surface area contributed by atoms with Crippen LogP contribution in [0, 0.1) is 11.3 Å². The van der Waals surface area contributed by atoms with Crippen molar-refractivity contribution in [2.45, 2.75) is 6.04 Å². The molecule has 162 valence electrons. The van der Waals surface area contributed by atoms with E-state index in [-0.39, 0.29) is 18.6 Å². The van der Waals surface area contributed by atoms with Gasteiger partial charge < -0.3 is 19.5 Å². The molecule has 0 spiro atoms. The third-order valence-corrected chi connectivity index (χ3v) is 4.78. The minimum atomic E-state index is -0.310. The molecule has 0 aromatic heterocycles. The van der Waals surface area contributed by atoms with E-state index in [9.17, 15) is 4.79 Å². The van der Waals surface area contributed by atoms with Crippen LogP contribution in [-0.4, -0.2) is 26.7 Å². The Labute approximate surface area is 187 Å². The molecular weight excluding hydrogens is 404 g/mol. The van der Waals surface area contributed by atoms with E-state index < -0.39 is 0 Å². The molecule has 1 N–H and O–H groups in total. The van der Waals surface area contributed by atoms with Crippen LogP contribution in [0.25, 0.3) is 6.08 Å². The van der Waals surface area contributed by atoms with Gasteiger partial charge in [-0.3, -0.25) is 4.79 Å². The lowest BCUT2D eigenvalue weighted by atomic mass is 9.98. The Hall–Kier alpha value is -4.24. The summed E-state index contributed by atoms with van der Waals surface area (Å²) in [4.78, 5) is 12.7. The number of methoxy groups -OCH3 is 2. The molecule has 6 heteroatoms. The van der Waals surface area contributed by atoms with E-state index in [1.165, 1.54) is 13.2 Å². The number of nitrogens with one attached hydrogen (secondary N) is 1. The van der Waals surface area contributed by atoms with Crippen LogP contribution in [0.1, 0.15) is 22.7 Å². The van der Waals surface area contributed by atoms with E-state index in [2.05, 4.69) is 5.32 Å². The van der Waals surface area contributed by atoms with Crippen molar-refractivity contribution in [1.82, 2.24) is 5.32 Å². The largest absolute Gasteiger partial charge is 0.497 e. The standard InChI is InChI=1S/C26H24N2O4/c1-30-22-12-10-21(11-13-22)26(20-6-4-3-5-7-20)28-25(29)15-9-19-8-14-23(32-17-16-27)24(18-19)31-2/h3-15,18,26H,17H2,1-2H3,(H,28,29)/b15-9+. The van der Waals surface area contributed by atoms with Crippen molar-refractivity contribution in [3.8, 4) is 23.3 Å². The fourth-order valence-electron chi connectivity index (χ4n) is 3.18. The monoisotopic (exact) mass is 428 g/mol. The van der Waals surface area contributed by atoms with Gasteiger partial charge in [0.25, 0.3) is 0 Å². The molecule has 1 atom stereocenters. The molecule has 0 aliphatic carbocycles. The number of rotatable bonds is 9. The second-order valence-electron chi connectivity index (χ2n) is 6.82. The first-order valence-corrected chi connectivity index (χ1v) is 10.00. The van der Waals surface area contributed by atoms with E-state index in [4.69, 9.17) is 19.5 Å². The van der Waals surface area contributed by atoms with Crippen molar-refractivity contribution < 1.29 is 19.0 Å². The zero-order valence-corrected chi connectivity index (χ0v) is 17.9. The molecule has 0 fully saturated rings. The van der Waals surface area contributed by atoms with Gasteiger partial charge in [0, 0.05) is 6.08 Å². The van der Waals surface area contributed by atoms with Crippen LogP contribution in [0.4, 0.5) is 0 Å². The van der Waals surface area contributed by atoms with Crippen molar-refractivity contribution in [2.24, 2.45) is 0 Å². The molecule has 6 nitrogen and oxygen atoms in total. The number of nitriles is 1. The molecule has 32 heavy (non-hydrogen) atoms. The van der Waals surface area contributed by atoms with E-state index in [0.717, 1.165) is 22.4 Å². The predicted octanol–water partition coefficient (Wildman–Crippen LogP) is 4.53. The van der Waals surface area contributed by atoms with E-state index in [1.807, 2.05) is 60.7 Å². The van der Waals surface area contributed by atoms with Gasteiger partial charge in [0.05, 0.1) is 20.3 Å². The number of carbonyl (C=O) groups excluding carboxylic acids is 1. The Morgan fingerprint density at radius 3 is 2.34 bits per heavy atom. The van der Waals surface area contributed by atoms with Gasteiger partial charge >= 0.3 is 0 Å². The SMILES string of the molecule is COc1ccc(C(NC(=O)/C=C/c2ccc(OCC#N)c(OC)c2)c2ccccc2)cc1. The van der Waals surface area contributed by atoms with Gasteiger partial charge in [0.15, 0.2) is 18.1 Å². The average Bonchev–Trinajstić information content (AvgIpc) is 2.85. The van der Waals surface area contributed by atoms with Crippen LogP contribution in [0.15, 0.2) is 78.9 Å². The summed E-state index contributed by atoms with van der Waals surface area (Å²) in [5.74, 6) is 1.48. The number of carbonyl (C=O) groups is 1. The van der Waals surface area contributed by atoms with Crippen molar-refractivity contribution in [1.29, 1.82) is 5.26 Å². The van der Waals surface area contributed by atoms with Crippen molar-refractivity contribution in [3.63, 3.8) is 0 Å². The summed E-state index contributed by atoms with van der Waals surface area (Å²) >= 11 is 0. The molecule has 0 saturated carbocycles. The van der Waals surface area contributed by atoms with Crippen LogP contribution >= 0.6 is 0 Å². The lowest BCUT2D eigenvalue weighted by molar-refractivity contribution is -0.116. The topological polar surface area (TPSA) is 80.6 Å². The van der Waals surface area contributed by atoms with Gasteiger partial charge in [0.2, 0.25) is 5.91 Å². The summed E-state index contributed by atoms with van der Waals surface area (Å²) in [5, 5.41) is 11.7. The summed E-state index contributed by atoms with van der Waals surface area (Å²) in [5.41, 5.74) is 2.68. The average molecular weight is 428 g/mol. The molecule has 0 aliphatic heterocycles. The first kappa shape index (κ1) is 22.4. The van der Waals surface area contributed by atoms with Crippen molar-refractivity contribution in [3.05, 3.63) is 95.6 Å². The number of ether oxygens (including phenoxy) is 3. The van der Waals surface area contributed by atoms with Crippen LogP contribution in [0.3, 0.4) is 0 Å². The highest BCUT2D eigenvalue weighted by atomic mass is 16.5. The van der Waals surface area contributed by atoms with Crippen LogP contribution < -0.4 is 19.5 Å². The molecule has 0 saturated heterocycles. The third-order valence-electron chi connectivity index (χ3n) is 4.78. The Morgan fingerprint density at radius 1 is 0.969 bits per heavy atom. The van der Waals surface area contributed by atoms with E-state index in [1.54, 1.807) is 31.4 Å². The van der Waals surface area contributed by atoms with Crippen LogP contribution in [-0.2, 0) is 4.79 Å². The Morgan fingerprint density at radius 2 is 1.69 bits per heavy atom. The molecule has 0 radical (unpaired) electrons. The molecule has 3 rings (SSSR count). The fraction of sp³-hybridized carbons (Fsp3) is 0.154. The van der Waals surface area contributed by atoms with E-state index in [0.29, 0.717) is 11.5 Å². The molecule has 0 heterocycles. The predicted molar refractivity (Wildman–Crippen MR) is 123 cm³/mol. The molecule has 0 bridgehead atoms. The maximum absolute atomic E-state index is 12.7. The number of amides is 1. The Bertz CT molecular complexity index is 1100. The van der Waals surface area contributed by atoms with Gasteiger partial charge in [-0.25, -0.2) is 0 Å². The minimum Gasteiger partial charge on any atom is -0.497 e. The maximum Gasteiger partial charge on any atom is 0.244 e. The first-order valence-electron chi connectivity index (χ1n) is 10.00. The molecular formula is C26H24N2O4. The quantitative estimate of drug-likeness (QED) is 0.507. The lowest BCUT2D eigenvalue weighted by Crippen LogP contribution is -2.27. The van der Waals surface area contributed by atoms with Crippen LogP contribution in [0.5, 0.6) is 17.2 Å². The zero-order valence-electron chi connectivity index (χ0n) is 17.9. The van der Waals surface area contributed by atoms with Crippen molar-refractivity contribution >= 4 is 12.0 Å². The van der Waals surface area contributed by atoms with Gasteiger partial charge in [-0.15, -0.1) is 0 Å². The summed E-state index contributed by atoms with van der Waals surface area (Å²) in [6.45, 7) is -0.0693. The highest BCUT2D eigenvalue weighted by Gasteiger charge is 2.16.